The largest absolute Gasteiger partial charge is 0.351 e. The highest BCUT2D eigenvalue weighted by molar-refractivity contribution is 7.98. The highest BCUT2D eigenvalue weighted by Gasteiger charge is 2.11. The number of nitrogens with one attached hydrogen (secondary N) is 1. The van der Waals surface area contributed by atoms with Gasteiger partial charge in [-0.05, 0) is 36.1 Å². The van der Waals surface area contributed by atoms with E-state index < -0.39 is 6.04 Å². The minimum Gasteiger partial charge on any atom is -0.351 e. The summed E-state index contributed by atoms with van der Waals surface area (Å²) in [5.74, 6) is 0.796. The summed E-state index contributed by atoms with van der Waals surface area (Å²) in [6.07, 6.45) is 2.70. The van der Waals surface area contributed by atoms with Gasteiger partial charge in [-0.3, -0.25) is 4.79 Å². The molecule has 0 unspecified atom stereocenters. The predicted octanol–water partition coefficient (Wildman–Crippen LogP) is 2.04. The summed E-state index contributed by atoms with van der Waals surface area (Å²) in [7, 11) is 0. The van der Waals surface area contributed by atoms with E-state index in [9.17, 15) is 4.79 Å². The number of rotatable bonds is 6. The fourth-order valence-electron chi connectivity index (χ4n) is 1.30. The fraction of sp³-hybridized carbons (Fsp3) is 0.417. The summed E-state index contributed by atoms with van der Waals surface area (Å²) in [4.78, 5) is 11.6. The number of hydrogen-bond donors (Lipinski definition) is 2. The van der Waals surface area contributed by atoms with Crippen LogP contribution >= 0.6 is 23.4 Å². The first-order chi connectivity index (χ1) is 8.13. The lowest BCUT2D eigenvalue weighted by atomic mass is 10.2. The second kappa shape index (κ2) is 7.58. The van der Waals surface area contributed by atoms with Crippen molar-refractivity contribution in [3.05, 3.63) is 34.9 Å². The Morgan fingerprint density at radius 3 is 2.71 bits per heavy atom. The summed E-state index contributed by atoms with van der Waals surface area (Å²) in [6.45, 7) is 0.489. The molecule has 0 saturated heterocycles. The van der Waals surface area contributed by atoms with Crippen molar-refractivity contribution in [3.63, 3.8) is 0 Å². The van der Waals surface area contributed by atoms with Crippen LogP contribution in [-0.2, 0) is 11.3 Å². The van der Waals surface area contributed by atoms with Crippen molar-refractivity contribution >= 4 is 29.3 Å². The van der Waals surface area contributed by atoms with Gasteiger partial charge in [0.05, 0.1) is 6.04 Å². The Labute approximate surface area is 111 Å². The van der Waals surface area contributed by atoms with Crippen molar-refractivity contribution in [1.82, 2.24) is 5.32 Å². The van der Waals surface area contributed by atoms with Gasteiger partial charge in [-0.15, -0.1) is 0 Å². The Kier molecular flexibility index (Phi) is 6.40. The maximum atomic E-state index is 11.6. The molecule has 1 aromatic rings. The Bertz CT molecular complexity index is 356. The van der Waals surface area contributed by atoms with E-state index in [2.05, 4.69) is 5.32 Å². The summed E-state index contributed by atoms with van der Waals surface area (Å²) in [5, 5.41) is 3.50. The van der Waals surface area contributed by atoms with Crippen LogP contribution in [0.25, 0.3) is 0 Å². The number of hydrogen-bond acceptors (Lipinski definition) is 3. The van der Waals surface area contributed by atoms with Crippen molar-refractivity contribution in [3.8, 4) is 0 Å². The fourth-order valence-corrected chi connectivity index (χ4v) is 1.91. The van der Waals surface area contributed by atoms with Crippen molar-refractivity contribution in [2.75, 3.05) is 12.0 Å². The molecule has 0 aliphatic carbocycles. The van der Waals surface area contributed by atoms with Gasteiger partial charge in [0.1, 0.15) is 0 Å². The summed E-state index contributed by atoms with van der Waals surface area (Å²) in [5.41, 5.74) is 6.76. The van der Waals surface area contributed by atoms with Gasteiger partial charge in [0.15, 0.2) is 0 Å². The van der Waals surface area contributed by atoms with Crippen LogP contribution in [0.1, 0.15) is 12.0 Å². The highest BCUT2D eigenvalue weighted by atomic mass is 35.5. The average molecular weight is 273 g/mol. The van der Waals surface area contributed by atoms with Crippen LogP contribution in [0.4, 0.5) is 0 Å². The summed E-state index contributed by atoms with van der Waals surface area (Å²) < 4.78 is 0. The number of halogens is 1. The van der Waals surface area contributed by atoms with Crippen LogP contribution < -0.4 is 11.1 Å². The predicted molar refractivity (Wildman–Crippen MR) is 74.3 cm³/mol. The molecule has 0 aliphatic rings. The molecule has 1 aromatic carbocycles. The van der Waals surface area contributed by atoms with Crippen LogP contribution in [0.2, 0.25) is 5.02 Å². The molecule has 0 heterocycles. The van der Waals surface area contributed by atoms with Gasteiger partial charge in [0.2, 0.25) is 5.91 Å². The van der Waals surface area contributed by atoms with Crippen LogP contribution in [0.15, 0.2) is 24.3 Å². The lowest BCUT2D eigenvalue weighted by Gasteiger charge is -2.11. The highest BCUT2D eigenvalue weighted by Crippen LogP contribution is 2.09. The summed E-state index contributed by atoms with van der Waals surface area (Å²) >= 11 is 7.46. The minimum atomic E-state index is -0.422. The molecule has 0 aromatic heterocycles. The van der Waals surface area contributed by atoms with Crippen molar-refractivity contribution in [2.24, 2.45) is 5.73 Å². The molecule has 94 valence electrons. The van der Waals surface area contributed by atoms with Gasteiger partial charge in [0, 0.05) is 11.6 Å². The molecular formula is C12H17ClN2OS. The Morgan fingerprint density at radius 2 is 2.12 bits per heavy atom. The van der Waals surface area contributed by atoms with Gasteiger partial charge in [0.25, 0.3) is 0 Å². The molecule has 5 heteroatoms. The molecule has 3 N–H and O–H groups in total. The molecule has 1 atom stereocenters. The van der Waals surface area contributed by atoms with E-state index in [1.165, 1.54) is 0 Å². The zero-order chi connectivity index (χ0) is 12.7. The number of thioether (sulfide) groups is 1. The summed E-state index contributed by atoms with van der Waals surface area (Å²) in [6, 6.07) is 6.95. The number of benzene rings is 1. The molecule has 0 radical (unpaired) electrons. The molecular weight excluding hydrogens is 256 g/mol. The minimum absolute atomic E-state index is 0.103. The molecule has 17 heavy (non-hydrogen) atoms. The second-order valence-electron chi connectivity index (χ2n) is 3.73. The normalized spacial score (nSPS) is 12.2. The first-order valence-electron chi connectivity index (χ1n) is 5.40. The Balaban J connectivity index is 2.34. The lowest BCUT2D eigenvalue weighted by Crippen LogP contribution is -2.40. The van der Waals surface area contributed by atoms with E-state index in [-0.39, 0.29) is 5.91 Å². The molecule has 0 spiro atoms. The number of amides is 1. The molecule has 0 saturated carbocycles. The SMILES string of the molecule is CSCC[C@@H](N)C(=O)NCc1ccc(Cl)cc1. The second-order valence-corrected chi connectivity index (χ2v) is 5.15. The average Bonchev–Trinajstić information content (AvgIpc) is 2.34. The first kappa shape index (κ1) is 14.4. The van der Waals surface area contributed by atoms with E-state index in [1.807, 2.05) is 18.4 Å². The van der Waals surface area contributed by atoms with Gasteiger partial charge in [-0.1, -0.05) is 23.7 Å². The van der Waals surface area contributed by atoms with Crippen LogP contribution in [0.5, 0.6) is 0 Å². The van der Waals surface area contributed by atoms with Crippen molar-refractivity contribution in [2.45, 2.75) is 19.0 Å². The molecule has 3 nitrogen and oxygen atoms in total. The molecule has 0 bridgehead atoms. The van der Waals surface area contributed by atoms with Gasteiger partial charge in [-0.2, -0.15) is 11.8 Å². The molecule has 1 amide bonds. The number of nitrogens with two attached hydrogens (primary N) is 1. The van der Waals surface area contributed by atoms with Crippen molar-refractivity contribution < 1.29 is 4.79 Å². The number of carbonyl (C=O) groups is 1. The molecule has 1 rings (SSSR count). The monoisotopic (exact) mass is 272 g/mol. The molecule has 0 fully saturated rings. The topological polar surface area (TPSA) is 55.1 Å². The first-order valence-corrected chi connectivity index (χ1v) is 7.17. The molecule has 0 aliphatic heterocycles. The maximum Gasteiger partial charge on any atom is 0.237 e. The van der Waals surface area contributed by atoms with Crippen LogP contribution in [0.3, 0.4) is 0 Å². The van der Waals surface area contributed by atoms with Gasteiger partial charge < -0.3 is 11.1 Å². The van der Waals surface area contributed by atoms with E-state index in [1.54, 1.807) is 23.9 Å². The van der Waals surface area contributed by atoms with Crippen LogP contribution in [-0.4, -0.2) is 24.0 Å². The van der Waals surface area contributed by atoms with E-state index >= 15 is 0 Å². The lowest BCUT2D eigenvalue weighted by molar-refractivity contribution is -0.122. The van der Waals surface area contributed by atoms with Gasteiger partial charge >= 0.3 is 0 Å². The zero-order valence-electron chi connectivity index (χ0n) is 9.78. The zero-order valence-corrected chi connectivity index (χ0v) is 11.4. The number of carbonyl (C=O) groups excluding carboxylic acids is 1. The quantitative estimate of drug-likeness (QED) is 0.833. The van der Waals surface area contributed by atoms with E-state index in [4.69, 9.17) is 17.3 Å². The third-order valence-corrected chi connectivity index (χ3v) is 3.25. The van der Waals surface area contributed by atoms with E-state index in [0.29, 0.717) is 18.0 Å². The van der Waals surface area contributed by atoms with Crippen LogP contribution in [0, 0.1) is 0 Å². The third kappa shape index (κ3) is 5.44. The Morgan fingerprint density at radius 1 is 1.47 bits per heavy atom. The van der Waals surface area contributed by atoms with Crippen molar-refractivity contribution in [1.29, 1.82) is 0 Å². The van der Waals surface area contributed by atoms with Gasteiger partial charge in [-0.25, -0.2) is 0 Å². The van der Waals surface area contributed by atoms with E-state index in [0.717, 1.165) is 11.3 Å². The third-order valence-electron chi connectivity index (χ3n) is 2.35. The smallest absolute Gasteiger partial charge is 0.237 e. The standard InChI is InChI=1S/C12H17ClN2OS/c1-17-7-6-11(14)12(16)15-8-9-2-4-10(13)5-3-9/h2-5,11H,6-8,14H2,1H3,(H,15,16)/t11-/m1/s1. The maximum absolute atomic E-state index is 11.6. The Hall–Kier alpha value is -0.710.